The summed E-state index contributed by atoms with van der Waals surface area (Å²) in [4.78, 5) is 0. The number of halogens is 1. The van der Waals surface area contributed by atoms with Crippen LogP contribution in [0.2, 0.25) is 0 Å². The third kappa shape index (κ3) is 2.12. The van der Waals surface area contributed by atoms with Crippen molar-refractivity contribution in [3.8, 4) is 0 Å². The van der Waals surface area contributed by atoms with Gasteiger partial charge in [0.2, 0.25) is 9.05 Å². The average molecular weight is 213 g/mol. The van der Waals surface area contributed by atoms with Crippen LogP contribution >= 0.6 is 10.7 Å². The maximum Gasteiger partial charge on any atom is 0.236 e. The lowest BCUT2D eigenvalue weighted by Crippen LogP contribution is -2.40. The second kappa shape index (κ2) is 3.52. The van der Waals surface area contributed by atoms with Gasteiger partial charge in [0.15, 0.2) is 0 Å². The van der Waals surface area contributed by atoms with Crippen molar-refractivity contribution in [3.63, 3.8) is 0 Å². The Bertz CT molecular complexity index is 239. The summed E-state index contributed by atoms with van der Waals surface area (Å²) in [5.41, 5.74) is 0. The monoisotopic (exact) mass is 212 g/mol. The lowest BCUT2D eigenvalue weighted by molar-refractivity contribution is 0.0307. The molecule has 2 atom stereocenters. The number of hydrogen-bond acceptors (Lipinski definition) is 3. The number of rotatable bonds is 1. The first-order valence-corrected chi connectivity index (χ1v) is 6.31. The molecule has 0 unspecified atom stereocenters. The SMILES string of the molecule is C[C@@H]1COC[C@@H](C)C1S(=O)(=O)Cl. The van der Waals surface area contributed by atoms with Crippen molar-refractivity contribution in [2.45, 2.75) is 19.1 Å². The van der Waals surface area contributed by atoms with E-state index in [1.165, 1.54) is 0 Å². The summed E-state index contributed by atoms with van der Waals surface area (Å²) in [5.74, 6) is -0.00694. The molecule has 1 saturated heterocycles. The van der Waals surface area contributed by atoms with Crippen LogP contribution < -0.4 is 0 Å². The second-order valence-electron chi connectivity index (χ2n) is 3.43. The molecule has 72 valence electrons. The summed E-state index contributed by atoms with van der Waals surface area (Å²) in [6.07, 6.45) is 0. The van der Waals surface area contributed by atoms with Crippen LogP contribution in [0.4, 0.5) is 0 Å². The zero-order valence-electron chi connectivity index (χ0n) is 7.16. The fourth-order valence-electron chi connectivity index (χ4n) is 1.75. The van der Waals surface area contributed by atoms with Crippen molar-refractivity contribution < 1.29 is 13.2 Å². The Morgan fingerprint density at radius 2 is 1.67 bits per heavy atom. The molecule has 0 amide bonds. The Kier molecular flexibility index (Phi) is 3.01. The van der Waals surface area contributed by atoms with Crippen molar-refractivity contribution in [1.82, 2.24) is 0 Å². The molecule has 0 bridgehead atoms. The molecule has 1 aliphatic heterocycles. The molecule has 0 aromatic carbocycles. The van der Waals surface area contributed by atoms with Gasteiger partial charge in [0.1, 0.15) is 0 Å². The topological polar surface area (TPSA) is 43.4 Å². The molecule has 0 radical (unpaired) electrons. The molecule has 0 spiro atoms. The molecule has 0 N–H and O–H groups in total. The number of ether oxygens (including phenoxy) is 1. The normalized spacial score (nSPS) is 33.6. The van der Waals surface area contributed by atoms with Gasteiger partial charge in [-0.3, -0.25) is 0 Å². The van der Waals surface area contributed by atoms with Crippen LogP contribution in [0.15, 0.2) is 0 Å². The van der Waals surface area contributed by atoms with Gasteiger partial charge in [-0.05, 0) is 11.8 Å². The zero-order chi connectivity index (χ0) is 9.35. The van der Waals surface area contributed by atoms with Crippen molar-refractivity contribution in [2.75, 3.05) is 13.2 Å². The third-order valence-electron chi connectivity index (χ3n) is 2.21. The molecular formula is C7H13ClO3S. The molecule has 1 rings (SSSR count). The Hall–Kier alpha value is 0.200. The summed E-state index contributed by atoms with van der Waals surface area (Å²) < 4.78 is 27.4. The van der Waals surface area contributed by atoms with E-state index in [1.807, 2.05) is 13.8 Å². The lowest BCUT2D eigenvalue weighted by Gasteiger charge is -2.31. The molecule has 1 aliphatic rings. The van der Waals surface area contributed by atoms with E-state index in [9.17, 15) is 8.42 Å². The van der Waals surface area contributed by atoms with Crippen LogP contribution in [-0.4, -0.2) is 26.9 Å². The first-order valence-electron chi connectivity index (χ1n) is 3.94. The minimum atomic E-state index is -3.43. The van der Waals surface area contributed by atoms with E-state index in [1.54, 1.807) is 0 Å². The molecule has 0 saturated carbocycles. The summed E-state index contributed by atoms with van der Waals surface area (Å²) in [7, 11) is 1.89. The van der Waals surface area contributed by atoms with Crippen LogP contribution in [0.5, 0.6) is 0 Å². The fraction of sp³-hybridized carbons (Fsp3) is 1.00. The van der Waals surface area contributed by atoms with Crippen molar-refractivity contribution in [2.24, 2.45) is 11.8 Å². The largest absolute Gasteiger partial charge is 0.381 e. The molecule has 0 aromatic rings. The predicted octanol–water partition coefficient (Wildman–Crippen LogP) is 1.23. The van der Waals surface area contributed by atoms with Gasteiger partial charge in [-0.15, -0.1) is 0 Å². The van der Waals surface area contributed by atoms with E-state index in [2.05, 4.69) is 0 Å². The van der Waals surface area contributed by atoms with E-state index in [-0.39, 0.29) is 11.8 Å². The zero-order valence-corrected chi connectivity index (χ0v) is 8.73. The molecule has 1 fully saturated rings. The van der Waals surface area contributed by atoms with Crippen LogP contribution in [0.25, 0.3) is 0 Å². The summed E-state index contributed by atoms with van der Waals surface area (Å²) in [6, 6.07) is 0. The summed E-state index contributed by atoms with van der Waals surface area (Å²) in [5, 5.41) is -0.451. The minimum absolute atomic E-state index is 0.00347. The Morgan fingerprint density at radius 1 is 1.25 bits per heavy atom. The molecule has 12 heavy (non-hydrogen) atoms. The highest BCUT2D eigenvalue weighted by Gasteiger charge is 2.37. The van der Waals surface area contributed by atoms with Crippen LogP contribution in [-0.2, 0) is 13.8 Å². The van der Waals surface area contributed by atoms with Crippen molar-refractivity contribution in [3.05, 3.63) is 0 Å². The van der Waals surface area contributed by atoms with Gasteiger partial charge >= 0.3 is 0 Å². The van der Waals surface area contributed by atoms with Crippen LogP contribution in [0.1, 0.15) is 13.8 Å². The molecule has 1 heterocycles. The van der Waals surface area contributed by atoms with Gasteiger partial charge < -0.3 is 4.74 Å². The molecule has 0 aromatic heterocycles. The third-order valence-corrected chi connectivity index (χ3v) is 4.40. The van der Waals surface area contributed by atoms with E-state index < -0.39 is 14.3 Å². The quantitative estimate of drug-likeness (QED) is 0.614. The van der Waals surface area contributed by atoms with Crippen molar-refractivity contribution >= 4 is 19.7 Å². The molecule has 5 heteroatoms. The Morgan fingerprint density at radius 3 is 1.92 bits per heavy atom. The maximum absolute atomic E-state index is 11.1. The fourth-order valence-corrected chi connectivity index (χ4v) is 4.07. The average Bonchev–Trinajstić information content (AvgIpc) is 1.82. The van der Waals surface area contributed by atoms with Gasteiger partial charge in [-0.1, -0.05) is 13.8 Å². The minimum Gasteiger partial charge on any atom is -0.381 e. The highest BCUT2D eigenvalue weighted by atomic mass is 35.7. The maximum atomic E-state index is 11.1. The smallest absolute Gasteiger partial charge is 0.236 e. The highest BCUT2D eigenvalue weighted by Crippen LogP contribution is 2.28. The van der Waals surface area contributed by atoms with Gasteiger partial charge in [0.25, 0.3) is 0 Å². The second-order valence-corrected chi connectivity index (χ2v) is 6.22. The van der Waals surface area contributed by atoms with Crippen molar-refractivity contribution in [1.29, 1.82) is 0 Å². The highest BCUT2D eigenvalue weighted by molar-refractivity contribution is 8.14. The predicted molar refractivity (Wildman–Crippen MR) is 47.7 cm³/mol. The van der Waals surface area contributed by atoms with E-state index in [0.29, 0.717) is 13.2 Å². The first-order chi connectivity index (χ1) is 5.43. The lowest BCUT2D eigenvalue weighted by atomic mass is 9.95. The standard InChI is InChI=1S/C7H13ClO3S/c1-5-3-11-4-6(2)7(5)12(8,9)10/h5-7H,3-4H2,1-2H3/t5-,6-/m1/s1. The summed E-state index contributed by atoms with van der Waals surface area (Å²) >= 11 is 0. The Labute approximate surface area is 77.5 Å². The molecule has 0 aliphatic carbocycles. The van der Waals surface area contributed by atoms with Gasteiger partial charge in [0, 0.05) is 10.7 Å². The molecular weight excluding hydrogens is 200 g/mol. The summed E-state index contributed by atoms with van der Waals surface area (Å²) in [6.45, 7) is 4.67. The Balaban J connectivity index is 2.84. The van der Waals surface area contributed by atoms with Gasteiger partial charge in [-0.2, -0.15) is 0 Å². The molecule has 3 nitrogen and oxygen atoms in total. The van der Waals surface area contributed by atoms with E-state index in [0.717, 1.165) is 0 Å². The van der Waals surface area contributed by atoms with E-state index >= 15 is 0 Å². The van der Waals surface area contributed by atoms with Gasteiger partial charge in [-0.25, -0.2) is 8.42 Å². The van der Waals surface area contributed by atoms with E-state index in [4.69, 9.17) is 15.4 Å². The van der Waals surface area contributed by atoms with Gasteiger partial charge in [0.05, 0.1) is 18.5 Å². The number of hydrogen-bond donors (Lipinski definition) is 0. The first kappa shape index (κ1) is 10.3. The van der Waals surface area contributed by atoms with Crippen LogP contribution in [0.3, 0.4) is 0 Å². The van der Waals surface area contributed by atoms with Crippen LogP contribution in [0, 0.1) is 11.8 Å².